The molecule has 4 rings (SSSR count). The summed E-state index contributed by atoms with van der Waals surface area (Å²) in [5.41, 5.74) is 3.66. The van der Waals surface area contributed by atoms with Crippen molar-refractivity contribution in [3.63, 3.8) is 0 Å². The van der Waals surface area contributed by atoms with Gasteiger partial charge in [0.1, 0.15) is 6.33 Å². The number of hydrogen-bond donors (Lipinski definition) is 2. The number of aromatic nitrogens is 5. The van der Waals surface area contributed by atoms with Gasteiger partial charge in [-0.25, -0.2) is 0 Å². The van der Waals surface area contributed by atoms with E-state index in [1.54, 1.807) is 6.33 Å². The van der Waals surface area contributed by atoms with Gasteiger partial charge in [-0.15, -0.1) is 10.2 Å². The lowest BCUT2D eigenvalue weighted by atomic mass is 10.1. The first kappa shape index (κ1) is 16.5. The van der Waals surface area contributed by atoms with Crippen LogP contribution in [0.15, 0.2) is 36.7 Å². The first-order valence-corrected chi connectivity index (χ1v) is 8.96. The topological polar surface area (TPSA) is 88.5 Å². The van der Waals surface area contributed by atoms with Gasteiger partial charge in [-0.2, -0.15) is 5.10 Å². The molecule has 1 aliphatic rings. The minimum absolute atomic E-state index is 0.101. The van der Waals surface area contributed by atoms with E-state index in [1.165, 1.54) is 5.56 Å². The largest absolute Gasteiger partial charge is 0.345 e. The van der Waals surface area contributed by atoms with Crippen LogP contribution in [0.25, 0.3) is 0 Å². The molecule has 0 bridgehead atoms. The molecule has 0 saturated heterocycles. The first-order chi connectivity index (χ1) is 12.7. The first-order valence-electron chi connectivity index (χ1n) is 8.96. The number of hydrogen-bond acceptors (Lipinski definition) is 4. The van der Waals surface area contributed by atoms with E-state index in [0.717, 1.165) is 43.0 Å². The molecule has 7 heteroatoms. The van der Waals surface area contributed by atoms with Crippen LogP contribution >= 0.6 is 0 Å². The van der Waals surface area contributed by atoms with E-state index < -0.39 is 0 Å². The number of nitrogens with zero attached hydrogens (tertiary/aromatic N) is 4. The summed E-state index contributed by atoms with van der Waals surface area (Å²) >= 11 is 0. The standard InChI is InChI=1S/C19H22N6O/c1-13-17(18(24-22-13)15-7-8-15)19(26)20-11-16-23-21-12-25(16)10-9-14-5-3-2-4-6-14/h2-6,12,15H,7-11H2,1H3,(H,20,26)(H,22,24). The molecule has 0 spiro atoms. The second-order valence-electron chi connectivity index (χ2n) is 6.74. The number of nitrogens with one attached hydrogen (secondary N) is 2. The molecule has 0 aliphatic heterocycles. The predicted octanol–water partition coefficient (Wildman–Crippen LogP) is 2.36. The summed E-state index contributed by atoms with van der Waals surface area (Å²) < 4.78 is 1.98. The third-order valence-corrected chi connectivity index (χ3v) is 4.75. The van der Waals surface area contributed by atoms with Crippen molar-refractivity contribution in [3.05, 3.63) is 65.0 Å². The molecule has 1 amide bonds. The van der Waals surface area contributed by atoms with Gasteiger partial charge in [-0.1, -0.05) is 30.3 Å². The molecule has 7 nitrogen and oxygen atoms in total. The smallest absolute Gasteiger partial charge is 0.255 e. The van der Waals surface area contributed by atoms with Gasteiger partial charge < -0.3 is 9.88 Å². The van der Waals surface area contributed by atoms with Gasteiger partial charge in [-0.05, 0) is 31.7 Å². The zero-order valence-corrected chi connectivity index (χ0v) is 14.8. The van der Waals surface area contributed by atoms with E-state index in [-0.39, 0.29) is 5.91 Å². The quantitative estimate of drug-likeness (QED) is 0.685. The SMILES string of the molecule is Cc1[nH]nc(C2CC2)c1C(=O)NCc1nncn1CCc1ccccc1. The van der Waals surface area contributed by atoms with Gasteiger partial charge in [0, 0.05) is 18.2 Å². The normalized spacial score (nSPS) is 13.7. The lowest BCUT2D eigenvalue weighted by molar-refractivity contribution is 0.0948. The van der Waals surface area contributed by atoms with E-state index in [0.29, 0.717) is 18.0 Å². The number of benzene rings is 1. The van der Waals surface area contributed by atoms with Crippen LogP contribution in [0, 0.1) is 6.92 Å². The highest BCUT2D eigenvalue weighted by Crippen LogP contribution is 2.41. The molecular formula is C19H22N6O. The average molecular weight is 350 g/mol. The van der Waals surface area contributed by atoms with Crippen molar-refractivity contribution in [1.29, 1.82) is 0 Å². The highest BCUT2D eigenvalue weighted by atomic mass is 16.1. The molecule has 1 aromatic carbocycles. The zero-order valence-electron chi connectivity index (χ0n) is 14.8. The second kappa shape index (κ2) is 7.11. The van der Waals surface area contributed by atoms with Crippen molar-refractivity contribution < 1.29 is 4.79 Å². The van der Waals surface area contributed by atoms with Crippen LogP contribution < -0.4 is 5.32 Å². The Bertz CT molecular complexity index is 894. The number of amides is 1. The molecule has 1 saturated carbocycles. The van der Waals surface area contributed by atoms with Gasteiger partial charge in [0.15, 0.2) is 5.82 Å². The molecule has 1 fully saturated rings. The summed E-state index contributed by atoms with van der Waals surface area (Å²) in [5.74, 6) is 1.08. The number of carbonyl (C=O) groups excluding carboxylic acids is 1. The molecule has 2 N–H and O–H groups in total. The van der Waals surface area contributed by atoms with E-state index >= 15 is 0 Å². The van der Waals surface area contributed by atoms with Gasteiger partial charge >= 0.3 is 0 Å². The highest BCUT2D eigenvalue weighted by molar-refractivity contribution is 5.96. The van der Waals surface area contributed by atoms with E-state index in [4.69, 9.17) is 0 Å². The maximum absolute atomic E-state index is 12.6. The molecule has 134 valence electrons. The average Bonchev–Trinajstić information content (AvgIpc) is 3.28. The monoisotopic (exact) mass is 350 g/mol. The Morgan fingerprint density at radius 3 is 2.88 bits per heavy atom. The predicted molar refractivity (Wildman–Crippen MR) is 96.6 cm³/mol. The van der Waals surface area contributed by atoms with E-state index in [2.05, 4.69) is 37.8 Å². The van der Waals surface area contributed by atoms with Crippen molar-refractivity contribution in [2.45, 2.75) is 45.2 Å². The fourth-order valence-electron chi connectivity index (χ4n) is 3.13. The summed E-state index contributed by atoms with van der Waals surface area (Å²) in [4.78, 5) is 12.6. The zero-order chi connectivity index (χ0) is 17.9. The van der Waals surface area contributed by atoms with Crippen LogP contribution in [0.1, 0.15) is 51.9 Å². The van der Waals surface area contributed by atoms with Gasteiger partial charge in [-0.3, -0.25) is 9.89 Å². The number of aromatic amines is 1. The summed E-state index contributed by atoms with van der Waals surface area (Å²) in [5, 5.41) is 18.4. The maximum atomic E-state index is 12.6. The third kappa shape index (κ3) is 3.51. The number of H-pyrrole nitrogens is 1. The van der Waals surface area contributed by atoms with E-state index in [1.807, 2.05) is 29.7 Å². The molecule has 2 aromatic heterocycles. The molecule has 2 heterocycles. The summed E-state index contributed by atoms with van der Waals surface area (Å²) in [6, 6.07) is 10.3. The third-order valence-electron chi connectivity index (χ3n) is 4.75. The lowest BCUT2D eigenvalue weighted by Crippen LogP contribution is -2.26. The molecule has 0 unspecified atom stereocenters. The summed E-state index contributed by atoms with van der Waals surface area (Å²) in [7, 11) is 0. The van der Waals surface area contributed by atoms with Crippen molar-refractivity contribution in [2.75, 3.05) is 0 Å². The second-order valence-corrected chi connectivity index (χ2v) is 6.74. The van der Waals surface area contributed by atoms with Crippen molar-refractivity contribution in [1.82, 2.24) is 30.3 Å². The Kier molecular flexibility index (Phi) is 4.51. The Morgan fingerprint density at radius 1 is 1.31 bits per heavy atom. The summed E-state index contributed by atoms with van der Waals surface area (Å²) in [6.45, 7) is 3.01. The van der Waals surface area contributed by atoms with Crippen LogP contribution in [-0.2, 0) is 19.5 Å². The van der Waals surface area contributed by atoms with Crippen molar-refractivity contribution >= 4 is 5.91 Å². The molecular weight excluding hydrogens is 328 g/mol. The number of carbonyl (C=O) groups is 1. The van der Waals surface area contributed by atoms with Crippen LogP contribution in [-0.4, -0.2) is 30.9 Å². The Hall–Kier alpha value is -2.96. The molecule has 0 radical (unpaired) electrons. The molecule has 3 aromatic rings. The minimum atomic E-state index is -0.101. The molecule has 1 aliphatic carbocycles. The van der Waals surface area contributed by atoms with Gasteiger partial charge in [0.2, 0.25) is 0 Å². The molecule has 26 heavy (non-hydrogen) atoms. The van der Waals surface area contributed by atoms with Crippen LogP contribution in [0.4, 0.5) is 0 Å². The fourth-order valence-corrected chi connectivity index (χ4v) is 3.13. The maximum Gasteiger partial charge on any atom is 0.255 e. The van der Waals surface area contributed by atoms with Crippen LogP contribution in [0.2, 0.25) is 0 Å². The lowest BCUT2D eigenvalue weighted by Gasteiger charge is -2.09. The van der Waals surface area contributed by atoms with Crippen LogP contribution in [0.3, 0.4) is 0 Å². The molecule has 0 atom stereocenters. The summed E-state index contributed by atoms with van der Waals surface area (Å²) in [6.07, 6.45) is 4.83. The number of aryl methyl sites for hydroxylation is 3. The van der Waals surface area contributed by atoms with Gasteiger partial charge in [0.25, 0.3) is 5.91 Å². The van der Waals surface area contributed by atoms with E-state index in [9.17, 15) is 4.79 Å². The Labute approximate surface area is 151 Å². The Balaban J connectivity index is 1.39. The van der Waals surface area contributed by atoms with Crippen LogP contribution in [0.5, 0.6) is 0 Å². The number of rotatable bonds is 7. The minimum Gasteiger partial charge on any atom is -0.345 e. The van der Waals surface area contributed by atoms with Crippen molar-refractivity contribution in [3.8, 4) is 0 Å². The van der Waals surface area contributed by atoms with Crippen molar-refractivity contribution in [2.24, 2.45) is 0 Å². The van der Waals surface area contributed by atoms with Gasteiger partial charge in [0.05, 0.1) is 17.8 Å². The Morgan fingerprint density at radius 2 is 2.12 bits per heavy atom. The fraction of sp³-hybridized carbons (Fsp3) is 0.368. The highest BCUT2D eigenvalue weighted by Gasteiger charge is 2.32.